The molecule has 2 fully saturated rings. The number of benzene rings is 2. The van der Waals surface area contributed by atoms with Crippen LogP contribution in [0.3, 0.4) is 0 Å². The van der Waals surface area contributed by atoms with Crippen LogP contribution in [0, 0.1) is 17.8 Å². The molecule has 0 amide bonds. The maximum Gasteiger partial charge on any atom is 0.309 e. The molecule has 1 saturated carbocycles. The van der Waals surface area contributed by atoms with Gasteiger partial charge in [0.15, 0.2) is 0 Å². The van der Waals surface area contributed by atoms with Gasteiger partial charge in [-0.3, -0.25) is 9.69 Å². The van der Waals surface area contributed by atoms with Gasteiger partial charge in [-0.25, -0.2) is 0 Å². The Balaban J connectivity index is 1.22. The molecule has 36 heavy (non-hydrogen) atoms. The lowest BCUT2D eigenvalue weighted by Crippen LogP contribution is -2.36. The Kier molecular flexibility index (Phi) is 10.1. The molecular weight excluding hydrogens is 446 g/mol. The molecule has 1 aliphatic heterocycles. The molecule has 4 rings (SSSR count). The number of rotatable bonds is 11. The molecule has 0 aromatic heterocycles. The van der Waals surface area contributed by atoms with Gasteiger partial charge in [-0.2, -0.15) is 0 Å². The Morgan fingerprint density at radius 2 is 1.67 bits per heavy atom. The number of carbonyl (C=O) groups is 1. The van der Waals surface area contributed by atoms with Crippen LogP contribution >= 0.6 is 0 Å². The van der Waals surface area contributed by atoms with Gasteiger partial charge in [0.2, 0.25) is 0 Å². The van der Waals surface area contributed by atoms with Gasteiger partial charge in [-0.05, 0) is 105 Å². The molecule has 0 unspecified atom stereocenters. The molecule has 2 aromatic rings. The fraction of sp³-hybridized carbons (Fsp3) is 0.656. The number of carbonyl (C=O) groups excluding carboxylic acids is 1. The smallest absolute Gasteiger partial charge is 0.309 e. The van der Waals surface area contributed by atoms with E-state index in [-0.39, 0.29) is 11.9 Å². The molecule has 2 aromatic carbocycles. The van der Waals surface area contributed by atoms with Crippen molar-refractivity contribution < 1.29 is 14.3 Å². The van der Waals surface area contributed by atoms with Crippen molar-refractivity contribution in [3.8, 4) is 5.75 Å². The average Bonchev–Trinajstić information content (AvgIpc) is 2.88. The molecular formula is C32H47NO3. The largest absolute Gasteiger partial charge is 0.490 e. The standard InChI is InChI=1S/C32H47NO3/c1-4-35-32(34)27-17-19-33(20-18-27)23-26-9-12-29-22-31(16-13-28(29)21-26)36-30-14-10-25(11-15-30)8-6-5-7-24(2)3/h9,12-13,16,21-22,24-25,27,30H,4-8,10-11,14-15,17-20,23H2,1-3H3/t25-,30+. The zero-order valence-corrected chi connectivity index (χ0v) is 22.8. The summed E-state index contributed by atoms with van der Waals surface area (Å²) in [6, 6.07) is 13.4. The molecule has 1 saturated heterocycles. The van der Waals surface area contributed by atoms with Crippen molar-refractivity contribution in [2.24, 2.45) is 17.8 Å². The minimum atomic E-state index is -0.0222. The van der Waals surface area contributed by atoms with Crippen molar-refractivity contribution in [1.29, 1.82) is 0 Å². The van der Waals surface area contributed by atoms with Crippen molar-refractivity contribution in [3.63, 3.8) is 0 Å². The van der Waals surface area contributed by atoms with E-state index in [1.807, 2.05) is 6.92 Å². The van der Waals surface area contributed by atoms with Crippen molar-refractivity contribution in [2.45, 2.75) is 97.6 Å². The topological polar surface area (TPSA) is 38.8 Å². The first-order chi connectivity index (χ1) is 17.5. The van der Waals surface area contributed by atoms with Crippen LogP contribution in [-0.4, -0.2) is 36.7 Å². The quantitative estimate of drug-likeness (QED) is 0.237. The van der Waals surface area contributed by atoms with Gasteiger partial charge >= 0.3 is 5.97 Å². The summed E-state index contributed by atoms with van der Waals surface area (Å²) in [5, 5.41) is 2.52. The predicted molar refractivity (Wildman–Crippen MR) is 148 cm³/mol. The van der Waals surface area contributed by atoms with Crippen LogP contribution in [0.1, 0.15) is 90.5 Å². The van der Waals surface area contributed by atoms with Gasteiger partial charge in [-0.1, -0.05) is 57.7 Å². The van der Waals surface area contributed by atoms with E-state index in [4.69, 9.17) is 9.47 Å². The van der Waals surface area contributed by atoms with Crippen LogP contribution in [0.4, 0.5) is 0 Å². The van der Waals surface area contributed by atoms with Crippen molar-refractivity contribution in [3.05, 3.63) is 42.0 Å². The highest BCUT2D eigenvalue weighted by Gasteiger charge is 2.26. The number of esters is 1. The fourth-order valence-corrected chi connectivity index (χ4v) is 6.01. The van der Waals surface area contributed by atoms with Crippen LogP contribution < -0.4 is 4.74 Å². The van der Waals surface area contributed by atoms with Crippen molar-refractivity contribution in [1.82, 2.24) is 4.90 Å². The van der Waals surface area contributed by atoms with Crippen LogP contribution in [0.2, 0.25) is 0 Å². The Morgan fingerprint density at radius 1 is 0.944 bits per heavy atom. The number of fused-ring (bicyclic) bond motifs is 1. The average molecular weight is 494 g/mol. The summed E-state index contributed by atoms with van der Waals surface area (Å²) in [6.45, 7) is 9.85. The van der Waals surface area contributed by atoms with Crippen molar-refractivity contribution >= 4 is 16.7 Å². The monoisotopic (exact) mass is 493 g/mol. The SMILES string of the molecule is CCOC(=O)C1CCN(Cc2ccc3cc(O[C@H]4CC[C@@H](CCCCC(C)C)CC4)ccc3c2)CC1. The van der Waals surface area contributed by atoms with E-state index in [1.165, 1.54) is 67.7 Å². The Labute approximate surface area is 218 Å². The van der Waals surface area contributed by atoms with Crippen LogP contribution in [0.25, 0.3) is 10.8 Å². The van der Waals surface area contributed by atoms with E-state index in [0.717, 1.165) is 50.1 Å². The summed E-state index contributed by atoms with van der Waals surface area (Å²) in [5.74, 6) is 2.80. The Hall–Kier alpha value is -2.07. The molecule has 4 heteroatoms. The molecule has 0 N–H and O–H groups in total. The minimum Gasteiger partial charge on any atom is -0.490 e. The third-order valence-electron chi connectivity index (χ3n) is 8.23. The summed E-state index contributed by atoms with van der Waals surface area (Å²) in [5.41, 5.74) is 1.33. The second-order valence-corrected chi connectivity index (χ2v) is 11.6. The number of hydrogen-bond acceptors (Lipinski definition) is 4. The maximum absolute atomic E-state index is 12.0. The third-order valence-corrected chi connectivity index (χ3v) is 8.23. The Morgan fingerprint density at radius 3 is 2.39 bits per heavy atom. The van der Waals surface area contributed by atoms with Crippen LogP contribution in [0.5, 0.6) is 5.75 Å². The van der Waals surface area contributed by atoms with Gasteiger partial charge in [0, 0.05) is 6.54 Å². The maximum atomic E-state index is 12.0. The number of nitrogens with zero attached hydrogens (tertiary/aromatic N) is 1. The highest BCUT2D eigenvalue weighted by atomic mass is 16.5. The molecule has 0 atom stereocenters. The van der Waals surface area contributed by atoms with Crippen LogP contribution in [0.15, 0.2) is 36.4 Å². The molecule has 198 valence electrons. The first kappa shape index (κ1) is 27.0. The van der Waals surface area contributed by atoms with Gasteiger partial charge in [0.25, 0.3) is 0 Å². The molecule has 4 nitrogen and oxygen atoms in total. The first-order valence-corrected chi connectivity index (χ1v) is 14.6. The number of unbranched alkanes of at least 4 members (excludes halogenated alkanes) is 1. The third kappa shape index (κ3) is 7.96. The molecule has 1 heterocycles. The number of hydrogen-bond donors (Lipinski definition) is 0. The summed E-state index contributed by atoms with van der Waals surface area (Å²) >= 11 is 0. The van der Waals surface area contributed by atoms with Crippen LogP contribution in [-0.2, 0) is 16.1 Å². The Bertz CT molecular complexity index is 955. The fourth-order valence-electron chi connectivity index (χ4n) is 6.01. The highest BCUT2D eigenvalue weighted by Crippen LogP contribution is 2.32. The zero-order chi connectivity index (χ0) is 25.3. The molecule has 0 bridgehead atoms. The molecule has 2 aliphatic rings. The first-order valence-electron chi connectivity index (χ1n) is 14.6. The lowest BCUT2D eigenvalue weighted by Gasteiger charge is -2.30. The lowest BCUT2D eigenvalue weighted by molar-refractivity contribution is -0.149. The zero-order valence-electron chi connectivity index (χ0n) is 22.8. The number of likely N-dealkylation sites (tertiary alicyclic amines) is 1. The highest BCUT2D eigenvalue weighted by molar-refractivity contribution is 5.84. The summed E-state index contributed by atoms with van der Waals surface area (Å²) in [6.07, 6.45) is 12.7. The van der Waals surface area contributed by atoms with E-state index in [1.54, 1.807) is 0 Å². The number of ether oxygens (including phenoxy) is 2. The number of piperidine rings is 1. The normalized spacial score (nSPS) is 21.7. The van der Waals surface area contributed by atoms with Gasteiger partial charge in [-0.15, -0.1) is 0 Å². The second kappa shape index (κ2) is 13.5. The van der Waals surface area contributed by atoms with Gasteiger partial charge in [0.1, 0.15) is 5.75 Å². The second-order valence-electron chi connectivity index (χ2n) is 11.6. The van der Waals surface area contributed by atoms with Gasteiger partial charge in [0.05, 0.1) is 18.6 Å². The van der Waals surface area contributed by atoms with E-state index < -0.39 is 0 Å². The van der Waals surface area contributed by atoms with E-state index in [9.17, 15) is 4.79 Å². The predicted octanol–water partition coefficient (Wildman–Crippen LogP) is 7.77. The summed E-state index contributed by atoms with van der Waals surface area (Å²) in [4.78, 5) is 14.4. The molecule has 1 aliphatic carbocycles. The summed E-state index contributed by atoms with van der Waals surface area (Å²) in [7, 11) is 0. The van der Waals surface area contributed by atoms with Gasteiger partial charge < -0.3 is 9.47 Å². The molecule has 0 radical (unpaired) electrons. The van der Waals surface area contributed by atoms with Crippen molar-refractivity contribution in [2.75, 3.05) is 19.7 Å². The summed E-state index contributed by atoms with van der Waals surface area (Å²) < 4.78 is 11.6. The minimum absolute atomic E-state index is 0.0222. The van der Waals surface area contributed by atoms with E-state index in [2.05, 4.69) is 55.1 Å². The van der Waals surface area contributed by atoms with E-state index in [0.29, 0.717) is 12.7 Å². The lowest BCUT2D eigenvalue weighted by atomic mass is 9.84. The van der Waals surface area contributed by atoms with E-state index >= 15 is 0 Å². The molecule has 0 spiro atoms.